The molecule has 0 aliphatic carbocycles. The zero-order valence-corrected chi connectivity index (χ0v) is 15.1. The molecular formula is C20H22FN3O3. The molecule has 0 bridgehead atoms. The van der Waals surface area contributed by atoms with E-state index in [2.05, 4.69) is 10.2 Å². The third-order valence-electron chi connectivity index (χ3n) is 5.08. The molecule has 7 heteroatoms. The second-order valence-corrected chi connectivity index (χ2v) is 6.82. The molecule has 1 saturated heterocycles. The summed E-state index contributed by atoms with van der Waals surface area (Å²) in [5.74, 6) is -0.560. The Bertz CT molecular complexity index is 817. The van der Waals surface area contributed by atoms with Crippen molar-refractivity contribution >= 4 is 11.6 Å². The highest BCUT2D eigenvalue weighted by atomic mass is 19.1. The smallest absolute Gasteiger partial charge is 0.269 e. The zero-order chi connectivity index (χ0) is 19.4. The predicted molar refractivity (Wildman–Crippen MR) is 100.0 cm³/mol. The molecule has 3 rings (SSSR count). The van der Waals surface area contributed by atoms with Gasteiger partial charge in [-0.2, -0.15) is 0 Å². The molecule has 0 saturated carbocycles. The van der Waals surface area contributed by atoms with Crippen LogP contribution in [0.2, 0.25) is 0 Å². The Balaban J connectivity index is 1.55. The molecule has 0 radical (unpaired) electrons. The van der Waals surface area contributed by atoms with Crippen molar-refractivity contribution in [2.75, 3.05) is 13.1 Å². The van der Waals surface area contributed by atoms with Crippen LogP contribution in [0.4, 0.5) is 10.1 Å². The number of amides is 1. The van der Waals surface area contributed by atoms with E-state index in [4.69, 9.17) is 0 Å². The minimum atomic E-state index is -0.382. The van der Waals surface area contributed by atoms with E-state index in [0.717, 1.165) is 31.5 Å². The monoisotopic (exact) mass is 371 g/mol. The fourth-order valence-corrected chi connectivity index (χ4v) is 3.41. The van der Waals surface area contributed by atoms with Gasteiger partial charge in [-0.3, -0.25) is 19.8 Å². The lowest BCUT2D eigenvalue weighted by Gasteiger charge is -2.36. The molecule has 1 atom stereocenters. The fourth-order valence-electron chi connectivity index (χ4n) is 3.41. The maximum Gasteiger partial charge on any atom is 0.269 e. The number of nitro groups is 1. The Morgan fingerprint density at radius 1 is 1.22 bits per heavy atom. The van der Waals surface area contributed by atoms with Gasteiger partial charge in [0.2, 0.25) is 0 Å². The minimum Gasteiger partial charge on any atom is -0.349 e. The lowest BCUT2D eigenvalue weighted by atomic mass is 9.99. The summed E-state index contributed by atoms with van der Waals surface area (Å²) in [6.07, 6.45) is 1.60. The molecule has 2 aromatic carbocycles. The molecule has 142 valence electrons. The van der Waals surface area contributed by atoms with E-state index in [0.29, 0.717) is 5.56 Å². The minimum absolute atomic E-state index is 0.0658. The largest absolute Gasteiger partial charge is 0.349 e. The van der Waals surface area contributed by atoms with Gasteiger partial charge in [0.05, 0.1) is 4.92 Å². The maximum atomic E-state index is 13.0. The van der Waals surface area contributed by atoms with E-state index < -0.39 is 0 Å². The van der Waals surface area contributed by atoms with Crippen molar-refractivity contribution in [3.63, 3.8) is 0 Å². The normalized spacial score (nSPS) is 16.7. The lowest BCUT2D eigenvalue weighted by molar-refractivity contribution is -0.385. The van der Waals surface area contributed by atoms with Crippen LogP contribution < -0.4 is 5.32 Å². The van der Waals surface area contributed by atoms with Crippen molar-refractivity contribution in [3.8, 4) is 0 Å². The number of halogens is 1. The highest BCUT2D eigenvalue weighted by Gasteiger charge is 2.25. The van der Waals surface area contributed by atoms with Gasteiger partial charge in [0.1, 0.15) is 5.82 Å². The fraction of sp³-hybridized carbons (Fsp3) is 0.350. The van der Waals surface area contributed by atoms with Crippen LogP contribution in [0.3, 0.4) is 0 Å². The summed E-state index contributed by atoms with van der Waals surface area (Å²) >= 11 is 0. The summed E-state index contributed by atoms with van der Waals surface area (Å²) in [5, 5.41) is 14.0. The molecule has 1 N–H and O–H groups in total. The molecule has 1 aliphatic rings. The third kappa shape index (κ3) is 4.68. The van der Waals surface area contributed by atoms with Gasteiger partial charge in [-0.15, -0.1) is 0 Å². The van der Waals surface area contributed by atoms with Crippen LogP contribution in [0.5, 0.6) is 0 Å². The van der Waals surface area contributed by atoms with E-state index in [1.54, 1.807) is 12.1 Å². The first-order valence-electron chi connectivity index (χ1n) is 8.99. The molecule has 1 amide bonds. The molecule has 0 spiro atoms. The zero-order valence-electron chi connectivity index (χ0n) is 15.1. The van der Waals surface area contributed by atoms with E-state index in [-0.39, 0.29) is 34.4 Å². The number of hydrogen-bond donors (Lipinski definition) is 1. The topological polar surface area (TPSA) is 75.5 Å². The van der Waals surface area contributed by atoms with Gasteiger partial charge >= 0.3 is 0 Å². The van der Waals surface area contributed by atoms with Gasteiger partial charge in [-0.1, -0.05) is 12.1 Å². The Kier molecular flexibility index (Phi) is 5.81. The molecule has 1 unspecified atom stereocenters. The number of likely N-dealkylation sites (tertiary alicyclic amines) is 1. The van der Waals surface area contributed by atoms with Gasteiger partial charge in [0.15, 0.2) is 0 Å². The van der Waals surface area contributed by atoms with Crippen molar-refractivity contribution in [1.29, 1.82) is 0 Å². The quantitative estimate of drug-likeness (QED) is 0.642. The standard InChI is InChI=1S/C20H22FN3O3/c1-14(16-3-2-4-19(13-16)24(26)27)23-11-9-18(10-12-23)22-20(25)15-5-7-17(21)8-6-15/h2-8,13-14,18H,9-12H2,1H3,(H,22,25). The van der Waals surface area contributed by atoms with Crippen molar-refractivity contribution < 1.29 is 14.1 Å². The number of benzene rings is 2. The maximum absolute atomic E-state index is 13.0. The van der Waals surface area contributed by atoms with Crippen molar-refractivity contribution in [3.05, 3.63) is 75.6 Å². The van der Waals surface area contributed by atoms with E-state index >= 15 is 0 Å². The Morgan fingerprint density at radius 3 is 2.52 bits per heavy atom. The van der Waals surface area contributed by atoms with Gasteiger partial charge in [-0.05, 0) is 49.6 Å². The van der Waals surface area contributed by atoms with Crippen LogP contribution in [-0.4, -0.2) is 34.9 Å². The number of hydrogen-bond acceptors (Lipinski definition) is 4. The first-order chi connectivity index (χ1) is 12.9. The molecule has 2 aromatic rings. The van der Waals surface area contributed by atoms with Gasteiger partial charge in [0.25, 0.3) is 11.6 Å². The number of rotatable bonds is 5. The second-order valence-electron chi connectivity index (χ2n) is 6.82. The third-order valence-corrected chi connectivity index (χ3v) is 5.08. The van der Waals surface area contributed by atoms with Gasteiger partial charge in [-0.25, -0.2) is 4.39 Å². The molecule has 1 heterocycles. The number of piperidine rings is 1. The van der Waals surface area contributed by atoms with Gasteiger partial charge in [0, 0.05) is 42.9 Å². The second kappa shape index (κ2) is 8.26. The number of nitrogens with zero attached hydrogens (tertiary/aromatic N) is 2. The molecular weight excluding hydrogens is 349 g/mol. The number of nitrogens with one attached hydrogen (secondary N) is 1. The summed E-state index contributed by atoms with van der Waals surface area (Å²) in [6.45, 7) is 3.62. The Labute approximate surface area is 157 Å². The van der Waals surface area contributed by atoms with Crippen LogP contribution in [0.1, 0.15) is 41.7 Å². The van der Waals surface area contributed by atoms with Gasteiger partial charge < -0.3 is 5.32 Å². The summed E-state index contributed by atoms with van der Waals surface area (Å²) in [7, 11) is 0. The Morgan fingerprint density at radius 2 is 1.89 bits per heavy atom. The highest BCUT2D eigenvalue weighted by Crippen LogP contribution is 2.26. The molecule has 6 nitrogen and oxygen atoms in total. The summed E-state index contributed by atoms with van der Waals surface area (Å²) < 4.78 is 13.0. The van der Waals surface area contributed by atoms with Crippen LogP contribution in [-0.2, 0) is 0 Å². The van der Waals surface area contributed by atoms with Crippen LogP contribution in [0.25, 0.3) is 0 Å². The number of carbonyl (C=O) groups is 1. The van der Waals surface area contributed by atoms with Crippen LogP contribution in [0, 0.1) is 15.9 Å². The Hall–Kier alpha value is -2.80. The molecule has 1 fully saturated rings. The highest BCUT2D eigenvalue weighted by molar-refractivity contribution is 5.94. The number of nitro benzene ring substituents is 1. The summed E-state index contributed by atoms with van der Waals surface area (Å²) in [4.78, 5) is 25.1. The first kappa shape index (κ1) is 19.0. The van der Waals surface area contributed by atoms with Crippen LogP contribution >= 0.6 is 0 Å². The number of non-ortho nitro benzene ring substituents is 1. The molecule has 27 heavy (non-hydrogen) atoms. The van der Waals surface area contributed by atoms with Crippen LogP contribution in [0.15, 0.2) is 48.5 Å². The van der Waals surface area contributed by atoms with E-state index in [9.17, 15) is 19.3 Å². The van der Waals surface area contributed by atoms with Crippen molar-refractivity contribution in [1.82, 2.24) is 10.2 Å². The summed E-state index contributed by atoms with van der Waals surface area (Å²) in [6, 6.07) is 12.4. The molecule has 0 aromatic heterocycles. The lowest BCUT2D eigenvalue weighted by Crippen LogP contribution is -2.45. The van der Waals surface area contributed by atoms with E-state index in [1.807, 2.05) is 13.0 Å². The SMILES string of the molecule is CC(c1cccc([N+](=O)[O-])c1)N1CCC(NC(=O)c2ccc(F)cc2)CC1. The average molecular weight is 371 g/mol. The average Bonchev–Trinajstić information content (AvgIpc) is 2.68. The first-order valence-corrected chi connectivity index (χ1v) is 8.99. The van der Waals surface area contributed by atoms with Crippen molar-refractivity contribution in [2.45, 2.75) is 31.8 Å². The van der Waals surface area contributed by atoms with Crippen molar-refractivity contribution in [2.24, 2.45) is 0 Å². The van der Waals surface area contributed by atoms with E-state index in [1.165, 1.54) is 30.3 Å². The number of carbonyl (C=O) groups excluding carboxylic acids is 1. The predicted octanol–water partition coefficient (Wildman–Crippen LogP) is 3.69. The molecule has 1 aliphatic heterocycles. The summed E-state index contributed by atoms with van der Waals surface area (Å²) in [5.41, 5.74) is 1.46.